The average Bonchev–Trinajstić information content (AvgIpc) is 2.36. The van der Waals surface area contributed by atoms with Crippen molar-refractivity contribution in [1.29, 1.82) is 0 Å². The van der Waals surface area contributed by atoms with Gasteiger partial charge in [0.2, 0.25) is 10.0 Å². The van der Waals surface area contributed by atoms with Crippen molar-refractivity contribution < 1.29 is 13.3 Å². The summed E-state index contributed by atoms with van der Waals surface area (Å²) in [6.07, 6.45) is 0. The van der Waals surface area contributed by atoms with Crippen molar-refractivity contribution in [3.8, 4) is 0 Å². The van der Waals surface area contributed by atoms with Gasteiger partial charge in [-0.15, -0.1) is 0 Å². The van der Waals surface area contributed by atoms with Gasteiger partial charge >= 0.3 is 0 Å². The summed E-state index contributed by atoms with van der Waals surface area (Å²) >= 11 is 0. The molecule has 0 radical (unpaired) electrons. The van der Waals surface area contributed by atoms with E-state index in [-0.39, 0.29) is 11.4 Å². The Balaban J connectivity index is 3.46. The molecule has 1 aromatic carbocycles. The number of hydrogen-bond acceptors (Lipinski definition) is 5. The molecule has 100 valence electrons. The molecule has 0 aliphatic heterocycles. The summed E-state index contributed by atoms with van der Waals surface area (Å²) in [7, 11) is -0.843. The molecule has 8 heteroatoms. The van der Waals surface area contributed by atoms with E-state index in [4.69, 9.17) is 0 Å². The number of benzene rings is 1. The lowest BCUT2D eigenvalue weighted by molar-refractivity contribution is -0.387. The first kappa shape index (κ1) is 14.4. The first-order valence-corrected chi connectivity index (χ1v) is 6.71. The Morgan fingerprint density at radius 2 is 2.06 bits per heavy atom. The van der Waals surface area contributed by atoms with E-state index in [1.54, 1.807) is 14.0 Å². The lowest BCUT2D eigenvalue weighted by atomic mass is 10.3. The molecule has 0 saturated carbocycles. The van der Waals surface area contributed by atoms with Gasteiger partial charge < -0.3 is 5.32 Å². The molecule has 0 fully saturated rings. The lowest BCUT2D eigenvalue weighted by Gasteiger charge is -2.15. The number of nitrogens with one attached hydrogen (secondary N) is 1. The number of nitro benzene ring substituents is 1. The second-order valence-corrected chi connectivity index (χ2v) is 5.62. The largest absolute Gasteiger partial charge is 0.388 e. The molecule has 0 bridgehead atoms. The molecule has 0 aromatic heterocycles. The van der Waals surface area contributed by atoms with E-state index in [0.29, 0.717) is 5.69 Å². The highest BCUT2D eigenvalue weighted by Crippen LogP contribution is 2.28. The number of hydrogen-bond donors (Lipinski definition) is 1. The number of nitro groups is 1. The predicted octanol–water partition coefficient (Wildman–Crippen LogP) is 1.28. The summed E-state index contributed by atoms with van der Waals surface area (Å²) in [6, 6.07) is 3.94. The maximum atomic E-state index is 12.1. The predicted molar refractivity (Wildman–Crippen MR) is 68.1 cm³/mol. The van der Waals surface area contributed by atoms with Crippen molar-refractivity contribution in [2.24, 2.45) is 0 Å². The van der Waals surface area contributed by atoms with Crippen LogP contribution in [-0.2, 0) is 10.0 Å². The SMILES string of the molecule is CCN(C)S(=O)(=O)c1ccc(NC)cc1[N+](=O)[O-]. The van der Waals surface area contributed by atoms with Crippen LogP contribution in [0.2, 0.25) is 0 Å². The summed E-state index contributed by atoms with van der Waals surface area (Å²) in [6.45, 7) is 1.90. The second-order valence-electron chi connectivity index (χ2n) is 3.61. The number of rotatable bonds is 5. The van der Waals surface area contributed by atoms with Crippen LogP contribution < -0.4 is 5.32 Å². The highest BCUT2D eigenvalue weighted by Gasteiger charge is 2.28. The van der Waals surface area contributed by atoms with Crippen molar-refractivity contribution in [1.82, 2.24) is 4.31 Å². The summed E-state index contributed by atoms with van der Waals surface area (Å²) in [4.78, 5) is 9.95. The maximum absolute atomic E-state index is 12.1. The molecule has 0 aliphatic rings. The summed E-state index contributed by atoms with van der Waals surface area (Å²) < 4.78 is 25.2. The van der Waals surface area contributed by atoms with E-state index in [1.807, 2.05) is 0 Å². The van der Waals surface area contributed by atoms with E-state index < -0.39 is 20.6 Å². The quantitative estimate of drug-likeness (QED) is 0.644. The average molecular weight is 273 g/mol. The fraction of sp³-hybridized carbons (Fsp3) is 0.400. The van der Waals surface area contributed by atoms with Crippen LogP contribution in [0.15, 0.2) is 23.1 Å². The first-order valence-electron chi connectivity index (χ1n) is 5.27. The Kier molecular flexibility index (Phi) is 4.25. The minimum atomic E-state index is -3.83. The van der Waals surface area contributed by atoms with Crippen molar-refractivity contribution in [3.63, 3.8) is 0 Å². The molecule has 1 aromatic rings. The maximum Gasteiger partial charge on any atom is 0.291 e. The lowest BCUT2D eigenvalue weighted by Crippen LogP contribution is -2.27. The molecule has 0 aliphatic carbocycles. The smallest absolute Gasteiger partial charge is 0.291 e. The van der Waals surface area contributed by atoms with Crippen LogP contribution in [0.1, 0.15) is 6.92 Å². The molecule has 1 N–H and O–H groups in total. The molecule has 0 spiro atoms. The monoisotopic (exact) mass is 273 g/mol. The zero-order valence-corrected chi connectivity index (χ0v) is 11.2. The van der Waals surface area contributed by atoms with Gasteiger partial charge in [-0.25, -0.2) is 12.7 Å². The van der Waals surface area contributed by atoms with Gasteiger partial charge in [0.05, 0.1) is 4.92 Å². The summed E-state index contributed by atoms with van der Waals surface area (Å²) in [5, 5.41) is 13.7. The van der Waals surface area contributed by atoms with Crippen LogP contribution in [0, 0.1) is 10.1 Å². The Morgan fingerprint density at radius 3 is 2.50 bits per heavy atom. The molecule has 0 atom stereocenters. The summed E-state index contributed by atoms with van der Waals surface area (Å²) in [5.74, 6) is 0. The highest BCUT2D eigenvalue weighted by molar-refractivity contribution is 7.89. The standard InChI is InChI=1S/C10H15N3O4S/c1-4-12(3)18(16,17)10-6-5-8(11-2)7-9(10)13(14)15/h5-7,11H,4H2,1-3H3. The molecular formula is C10H15N3O4S. The topological polar surface area (TPSA) is 92.6 Å². The van der Waals surface area contributed by atoms with Crippen LogP contribution in [0.4, 0.5) is 11.4 Å². The van der Waals surface area contributed by atoms with Gasteiger partial charge in [0, 0.05) is 32.4 Å². The van der Waals surface area contributed by atoms with Crippen LogP contribution in [-0.4, -0.2) is 38.3 Å². The van der Waals surface area contributed by atoms with Gasteiger partial charge in [-0.2, -0.15) is 0 Å². The summed E-state index contributed by atoms with van der Waals surface area (Å²) in [5.41, 5.74) is 0.0574. The van der Waals surface area contributed by atoms with E-state index in [9.17, 15) is 18.5 Å². The molecule has 0 amide bonds. The number of nitrogens with zero attached hydrogens (tertiary/aromatic N) is 2. The van der Waals surface area contributed by atoms with E-state index in [0.717, 1.165) is 4.31 Å². The number of sulfonamides is 1. The van der Waals surface area contributed by atoms with Crippen LogP contribution >= 0.6 is 0 Å². The molecule has 1 rings (SSSR count). The Bertz CT molecular complexity index is 556. The third kappa shape index (κ3) is 2.59. The van der Waals surface area contributed by atoms with Gasteiger partial charge in [0.25, 0.3) is 5.69 Å². The molecule has 7 nitrogen and oxygen atoms in total. The molecule has 0 saturated heterocycles. The van der Waals surface area contributed by atoms with E-state index >= 15 is 0 Å². The molecular weight excluding hydrogens is 258 g/mol. The number of anilines is 1. The normalized spacial score (nSPS) is 11.6. The Labute approximate surface area is 106 Å². The van der Waals surface area contributed by atoms with Crippen molar-refractivity contribution in [2.45, 2.75) is 11.8 Å². The van der Waals surface area contributed by atoms with Crippen LogP contribution in [0.25, 0.3) is 0 Å². The zero-order chi connectivity index (χ0) is 13.9. The third-order valence-corrected chi connectivity index (χ3v) is 4.56. The molecule has 18 heavy (non-hydrogen) atoms. The van der Waals surface area contributed by atoms with E-state index in [1.165, 1.54) is 25.2 Å². The molecule has 0 unspecified atom stereocenters. The minimum Gasteiger partial charge on any atom is -0.388 e. The van der Waals surface area contributed by atoms with Crippen molar-refractivity contribution in [3.05, 3.63) is 28.3 Å². The van der Waals surface area contributed by atoms with Crippen molar-refractivity contribution in [2.75, 3.05) is 26.0 Å². The van der Waals surface area contributed by atoms with Gasteiger partial charge in [-0.05, 0) is 12.1 Å². The highest BCUT2D eigenvalue weighted by atomic mass is 32.2. The minimum absolute atomic E-state index is 0.243. The van der Waals surface area contributed by atoms with Crippen LogP contribution in [0.5, 0.6) is 0 Å². The fourth-order valence-electron chi connectivity index (χ4n) is 1.37. The fourth-order valence-corrected chi connectivity index (χ4v) is 2.69. The van der Waals surface area contributed by atoms with Gasteiger partial charge in [0.15, 0.2) is 4.90 Å². The van der Waals surface area contributed by atoms with Gasteiger partial charge in [-0.3, -0.25) is 10.1 Å². The molecule has 0 heterocycles. The van der Waals surface area contributed by atoms with Crippen molar-refractivity contribution >= 4 is 21.4 Å². The van der Waals surface area contributed by atoms with Crippen LogP contribution in [0.3, 0.4) is 0 Å². The van der Waals surface area contributed by atoms with Gasteiger partial charge in [0.1, 0.15) is 0 Å². The Morgan fingerprint density at radius 1 is 1.44 bits per heavy atom. The third-order valence-electron chi connectivity index (χ3n) is 2.58. The van der Waals surface area contributed by atoms with Gasteiger partial charge in [-0.1, -0.05) is 6.92 Å². The Hall–Kier alpha value is -1.67. The zero-order valence-electron chi connectivity index (χ0n) is 10.4. The second kappa shape index (κ2) is 5.32. The van der Waals surface area contributed by atoms with E-state index in [2.05, 4.69) is 5.32 Å². The first-order chi connectivity index (χ1) is 8.34.